The van der Waals surface area contributed by atoms with E-state index in [1.54, 1.807) is 6.20 Å². The molecule has 0 amide bonds. The summed E-state index contributed by atoms with van der Waals surface area (Å²) in [6.07, 6.45) is 3.86. The van der Waals surface area contributed by atoms with Gasteiger partial charge in [0.05, 0.1) is 0 Å². The van der Waals surface area contributed by atoms with Gasteiger partial charge in [-0.15, -0.1) is 0 Å². The van der Waals surface area contributed by atoms with E-state index in [-0.39, 0.29) is 0 Å². The van der Waals surface area contributed by atoms with Crippen LogP contribution < -0.4 is 14.8 Å². The monoisotopic (exact) mass is 282 g/mol. The lowest BCUT2D eigenvalue weighted by Crippen LogP contribution is -2.15. The number of nitrogens with one attached hydrogen (secondary N) is 1. The normalized spacial score (nSPS) is 12.5. The smallest absolute Gasteiger partial charge is 0.182 e. The van der Waals surface area contributed by atoms with Crippen LogP contribution in [0.2, 0.25) is 0 Å². The first kappa shape index (κ1) is 13.2. The van der Waals surface area contributed by atoms with Gasteiger partial charge in [0, 0.05) is 18.9 Å². The van der Waals surface area contributed by atoms with E-state index in [1.807, 2.05) is 24.3 Å². The molecule has 0 unspecified atom stereocenters. The molecule has 3 rings (SSSR count). The Morgan fingerprint density at radius 1 is 1.14 bits per heavy atom. The summed E-state index contributed by atoms with van der Waals surface area (Å²) in [6.45, 7) is 1.84. The van der Waals surface area contributed by atoms with Crippen molar-refractivity contribution in [2.24, 2.45) is 0 Å². The van der Waals surface area contributed by atoms with Crippen molar-refractivity contribution in [3.63, 3.8) is 0 Å². The number of nitriles is 1. The van der Waals surface area contributed by atoms with Crippen LogP contribution in [0.1, 0.15) is 11.3 Å². The van der Waals surface area contributed by atoms with E-state index < -0.39 is 0 Å². The number of ether oxygens (including phenoxy) is 2. The summed E-state index contributed by atoms with van der Waals surface area (Å²) in [6, 6.07) is 7.93. The number of rotatable bonds is 4. The van der Waals surface area contributed by atoms with E-state index >= 15 is 0 Å². The van der Waals surface area contributed by atoms with Crippen LogP contribution in [-0.2, 0) is 6.42 Å². The van der Waals surface area contributed by atoms with Crippen molar-refractivity contribution >= 4 is 5.82 Å². The van der Waals surface area contributed by atoms with Gasteiger partial charge < -0.3 is 14.8 Å². The van der Waals surface area contributed by atoms with Gasteiger partial charge in [-0.05, 0) is 24.1 Å². The van der Waals surface area contributed by atoms with Crippen molar-refractivity contribution in [2.75, 3.05) is 25.1 Å². The summed E-state index contributed by atoms with van der Waals surface area (Å²) in [5, 5.41) is 12.1. The van der Waals surface area contributed by atoms with Gasteiger partial charge in [0.1, 0.15) is 19.3 Å². The molecule has 1 aromatic carbocycles. The SMILES string of the molecule is N#Cc1nccnc1NCCc1ccc2c(c1)OCCO2. The maximum atomic E-state index is 8.94. The number of hydrogen-bond acceptors (Lipinski definition) is 6. The summed E-state index contributed by atoms with van der Waals surface area (Å²) in [4.78, 5) is 8.07. The van der Waals surface area contributed by atoms with Crippen molar-refractivity contribution in [3.05, 3.63) is 41.9 Å². The first-order chi connectivity index (χ1) is 10.4. The first-order valence-electron chi connectivity index (χ1n) is 6.70. The number of hydrogen-bond donors (Lipinski definition) is 1. The van der Waals surface area contributed by atoms with E-state index in [0.29, 0.717) is 31.3 Å². The fraction of sp³-hybridized carbons (Fsp3) is 0.267. The van der Waals surface area contributed by atoms with Crippen molar-refractivity contribution < 1.29 is 9.47 Å². The van der Waals surface area contributed by atoms with E-state index in [9.17, 15) is 0 Å². The molecule has 6 nitrogen and oxygen atoms in total. The van der Waals surface area contributed by atoms with Gasteiger partial charge >= 0.3 is 0 Å². The standard InChI is InChI=1S/C15H14N4O2/c16-10-12-15(19-6-5-17-12)18-4-3-11-1-2-13-14(9-11)21-8-7-20-13/h1-2,5-6,9H,3-4,7-8H2,(H,18,19). The van der Waals surface area contributed by atoms with Crippen LogP contribution in [-0.4, -0.2) is 29.7 Å². The van der Waals surface area contributed by atoms with Crippen LogP contribution in [0, 0.1) is 11.3 Å². The third kappa shape index (κ3) is 3.03. The van der Waals surface area contributed by atoms with Crippen LogP contribution in [0.15, 0.2) is 30.6 Å². The quantitative estimate of drug-likeness (QED) is 0.920. The minimum absolute atomic E-state index is 0.305. The molecule has 1 aliphatic rings. The molecule has 0 spiro atoms. The molecule has 2 aromatic rings. The van der Waals surface area contributed by atoms with Crippen molar-refractivity contribution in [1.82, 2.24) is 9.97 Å². The van der Waals surface area contributed by atoms with E-state index in [0.717, 1.165) is 23.5 Å². The highest BCUT2D eigenvalue weighted by Crippen LogP contribution is 2.30. The number of benzene rings is 1. The minimum atomic E-state index is 0.305. The summed E-state index contributed by atoms with van der Waals surface area (Å²) in [5.41, 5.74) is 1.44. The van der Waals surface area contributed by atoms with Gasteiger partial charge in [0.15, 0.2) is 23.0 Å². The molecule has 0 atom stereocenters. The Kier molecular flexibility index (Phi) is 3.83. The summed E-state index contributed by atoms with van der Waals surface area (Å²) in [5.74, 6) is 2.09. The fourth-order valence-corrected chi connectivity index (χ4v) is 2.12. The first-order valence-corrected chi connectivity index (χ1v) is 6.70. The third-order valence-electron chi connectivity index (χ3n) is 3.12. The summed E-state index contributed by atoms with van der Waals surface area (Å²) >= 11 is 0. The molecule has 1 aromatic heterocycles. The predicted molar refractivity (Wildman–Crippen MR) is 76.4 cm³/mol. The summed E-state index contributed by atoms with van der Waals surface area (Å²) < 4.78 is 11.0. The second-order valence-corrected chi connectivity index (χ2v) is 4.52. The summed E-state index contributed by atoms with van der Waals surface area (Å²) in [7, 11) is 0. The van der Waals surface area contributed by atoms with Gasteiger partial charge in [-0.1, -0.05) is 6.07 Å². The highest BCUT2D eigenvalue weighted by molar-refractivity contribution is 5.47. The lowest BCUT2D eigenvalue weighted by Gasteiger charge is -2.18. The third-order valence-corrected chi connectivity index (χ3v) is 3.12. The second kappa shape index (κ2) is 6.09. The molecule has 6 heteroatoms. The Bertz CT molecular complexity index is 682. The van der Waals surface area contributed by atoms with Crippen molar-refractivity contribution in [1.29, 1.82) is 5.26 Å². The maximum absolute atomic E-state index is 8.94. The highest BCUT2D eigenvalue weighted by atomic mass is 16.6. The Morgan fingerprint density at radius 3 is 2.81 bits per heavy atom. The maximum Gasteiger partial charge on any atom is 0.182 e. The predicted octanol–water partition coefficient (Wildman–Crippen LogP) is 1.77. The zero-order valence-electron chi connectivity index (χ0n) is 11.4. The molecular formula is C15H14N4O2. The number of aromatic nitrogens is 2. The number of nitrogens with zero attached hydrogens (tertiary/aromatic N) is 3. The average Bonchev–Trinajstić information content (AvgIpc) is 2.55. The Labute approximate surface area is 122 Å². The second-order valence-electron chi connectivity index (χ2n) is 4.52. The average molecular weight is 282 g/mol. The molecule has 21 heavy (non-hydrogen) atoms. The van der Waals surface area contributed by atoms with Crippen LogP contribution in [0.5, 0.6) is 11.5 Å². The Hall–Kier alpha value is -2.81. The molecule has 0 radical (unpaired) electrons. The lowest BCUT2D eigenvalue weighted by atomic mass is 10.1. The van der Waals surface area contributed by atoms with Gasteiger partial charge in [-0.2, -0.15) is 5.26 Å². The van der Waals surface area contributed by atoms with Crippen molar-refractivity contribution in [3.8, 4) is 17.6 Å². The van der Waals surface area contributed by atoms with Crippen LogP contribution >= 0.6 is 0 Å². The molecule has 1 aliphatic heterocycles. The Balaban J connectivity index is 1.62. The molecule has 0 bridgehead atoms. The van der Waals surface area contributed by atoms with Gasteiger partial charge in [0.25, 0.3) is 0 Å². The Morgan fingerprint density at radius 2 is 1.95 bits per heavy atom. The fourth-order valence-electron chi connectivity index (χ4n) is 2.12. The van der Waals surface area contributed by atoms with Crippen LogP contribution in [0.3, 0.4) is 0 Å². The minimum Gasteiger partial charge on any atom is -0.486 e. The van der Waals surface area contributed by atoms with Gasteiger partial charge in [-0.25, -0.2) is 9.97 Å². The zero-order chi connectivity index (χ0) is 14.5. The number of anilines is 1. The van der Waals surface area contributed by atoms with E-state index in [2.05, 4.69) is 15.3 Å². The molecule has 106 valence electrons. The van der Waals surface area contributed by atoms with Crippen LogP contribution in [0.25, 0.3) is 0 Å². The van der Waals surface area contributed by atoms with E-state index in [1.165, 1.54) is 6.20 Å². The zero-order valence-corrected chi connectivity index (χ0v) is 11.4. The van der Waals surface area contributed by atoms with E-state index in [4.69, 9.17) is 14.7 Å². The molecule has 0 saturated heterocycles. The molecule has 0 saturated carbocycles. The molecule has 0 aliphatic carbocycles. The van der Waals surface area contributed by atoms with Crippen molar-refractivity contribution in [2.45, 2.75) is 6.42 Å². The van der Waals surface area contributed by atoms with Gasteiger partial charge in [-0.3, -0.25) is 0 Å². The van der Waals surface area contributed by atoms with Gasteiger partial charge in [0.2, 0.25) is 0 Å². The molecule has 1 N–H and O–H groups in total. The topological polar surface area (TPSA) is 80.1 Å². The molecule has 0 fully saturated rings. The van der Waals surface area contributed by atoms with Crippen LogP contribution in [0.4, 0.5) is 5.82 Å². The highest BCUT2D eigenvalue weighted by Gasteiger charge is 2.11. The largest absolute Gasteiger partial charge is 0.486 e. The number of fused-ring (bicyclic) bond motifs is 1. The molecular weight excluding hydrogens is 268 g/mol. The molecule has 2 heterocycles. The lowest BCUT2D eigenvalue weighted by molar-refractivity contribution is 0.171.